The van der Waals surface area contributed by atoms with Crippen molar-refractivity contribution in [3.05, 3.63) is 71.8 Å². The molecule has 22 heavy (non-hydrogen) atoms. The van der Waals surface area contributed by atoms with E-state index in [0.29, 0.717) is 0 Å². The first-order chi connectivity index (χ1) is 10.5. The largest absolute Gasteiger partial charge is 0.389 e. The van der Waals surface area contributed by atoms with Gasteiger partial charge in [0.1, 0.15) is 0 Å². The SMILES string of the molecule is C[C@H]1[C@@H](c2ccccc2)N[C@H](c2ccccc2)[C@H](C)C1(C)O. The second-order valence-corrected chi connectivity index (χ2v) is 6.75. The fourth-order valence-electron chi connectivity index (χ4n) is 3.66. The normalized spacial score (nSPS) is 35.3. The van der Waals surface area contributed by atoms with Gasteiger partial charge in [-0.1, -0.05) is 74.5 Å². The van der Waals surface area contributed by atoms with Gasteiger partial charge in [-0.3, -0.25) is 0 Å². The zero-order chi connectivity index (χ0) is 15.7. The van der Waals surface area contributed by atoms with Gasteiger partial charge in [0.05, 0.1) is 5.60 Å². The van der Waals surface area contributed by atoms with Crippen molar-refractivity contribution in [1.82, 2.24) is 5.32 Å². The van der Waals surface area contributed by atoms with Crippen LogP contribution in [-0.4, -0.2) is 10.7 Å². The van der Waals surface area contributed by atoms with Gasteiger partial charge in [0.15, 0.2) is 0 Å². The molecule has 0 saturated carbocycles. The monoisotopic (exact) mass is 295 g/mol. The topological polar surface area (TPSA) is 32.3 Å². The third-order valence-electron chi connectivity index (χ3n) is 5.52. The summed E-state index contributed by atoms with van der Waals surface area (Å²) in [7, 11) is 0. The lowest BCUT2D eigenvalue weighted by molar-refractivity contribution is -0.0960. The van der Waals surface area contributed by atoms with Crippen LogP contribution in [-0.2, 0) is 0 Å². The number of hydrogen-bond acceptors (Lipinski definition) is 2. The average Bonchev–Trinajstić information content (AvgIpc) is 2.55. The van der Waals surface area contributed by atoms with Crippen molar-refractivity contribution in [2.75, 3.05) is 0 Å². The highest BCUT2D eigenvalue weighted by atomic mass is 16.3. The van der Waals surface area contributed by atoms with Crippen LogP contribution in [0.15, 0.2) is 60.7 Å². The molecule has 2 aromatic carbocycles. The Morgan fingerprint density at radius 3 is 1.50 bits per heavy atom. The Bertz CT molecular complexity index is 555. The van der Waals surface area contributed by atoms with Crippen LogP contribution in [0.25, 0.3) is 0 Å². The zero-order valence-corrected chi connectivity index (χ0v) is 13.5. The third kappa shape index (κ3) is 2.57. The lowest BCUT2D eigenvalue weighted by Gasteiger charge is -2.50. The molecule has 116 valence electrons. The Labute approximate surface area is 133 Å². The molecule has 0 unspecified atom stereocenters. The Balaban J connectivity index is 1.99. The summed E-state index contributed by atoms with van der Waals surface area (Å²) in [5, 5.41) is 14.9. The zero-order valence-electron chi connectivity index (χ0n) is 13.5. The van der Waals surface area contributed by atoms with E-state index in [1.807, 2.05) is 19.1 Å². The van der Waals surface area contributed by atoms with Crippen LogP contribution in [0.2, 0.25) is 0 Å². The Morgan fingerprint density at radius 1 is 0.773 bits per heavy atom. The molecule has 0 aliphatic carbocycles. The van der Waals surface area contributed by atoms with Gasteiger partial charge in [-0.25, -0.2) is 0 Å². The van der Waals surface area contributed by atoms with E-state index in [-0.39, 0.29) is 23.9 Å². The quantitative estimate of drug-likeness (QED) is 0.874. The number of nitrogens with one attached hydrogen (secondary N) is 1. The van der Waals surface area contributed by atoms with Crippen LogP contribution in [0.3, 0.4) is 0 Å². The Morgan fingerprint density at radius 2 is 1.14 bits per heavy atom. The van der Waals surface area contributed by atoms with Gasteiger partial charge in [0.2, 0.25) is 0 Å². The second kappa shape index (κ2) is 5.86. The van der Waals surface area contributed by atoms with Gasteiger partial charge >= 0.3 is 0 Å². The molecule has 1 heterocycles. The van der Waals surface area contributed by atoms with Gasteiger partial charge in [0, 0.05) is 23.9 Å². The van der Waals surface area contributed by atoms with Gasteiger partial charge in [0.25, 0.3) is 0 Å². The summed E-state index contributed by atoms with van der Waals surface area (Å²) in [6.45, 7) is 6.26. The van der Waals surface area contributed by atoms with Crippen molar-refractivity contribution >= 4 is 0 Å². The minimum absolute atomic E-state index is 0.143. The van der Waals surface area contributed by atoms with Gasteiger partial charge < -0.3 is 10.4 Å². The highest BCUT2D eigenvalue weighted by Crippen LogP contribution is 2.46. The Kier molecular flexibility index (Phi) is 4.07. The molecule has 1 aliphatic heterocycles. The summed E-state index contributed by atoms with van der Waals surface area (Å²) in [4.78, 5) is 0. The van der Waals surface area contributed by atoms with Crippen LogP contribution in [0.4, 0.5) is 0 Å². The molecule has 0 spiro atoms. The third-order valence-corrected chi connectivity index (χ3v) is 5.52. The van der Waals surface area contributed by atoms with Gasteiger partial charge in [-0.15, -0.1) is 0 Å². The fourth-order valence-corrected chi connectivity index (χ4v) is 3.66. The first kappa shape index (κ1) is 15.3. The molecule has 0 amide bonds. The molecule has 3 rings (SSSR count). The molecule has 1 fully saturated rings. The molecule has 4 atom stereocenters. The summed E-state index contributed by atoms with van der Waals surface area (Å²) < 4.78 is 0. The molecule has 1 aliphatic rings. The van der Waals surface area contributed by atoms with Crippen LogP contribution < -0.4 is 5.32 Å². The molecule has 0 aromatic heterocycles. The smallest absolute Gasteiger partial charge is 0.0706 e. The highest BCUT2D eigenvalue weighted by Gasteiger charge is 2.48. The predicted octanol–water partition coefficient (Wildman–Crippen LogP) is 4.10. The van der Waals surface area contributed by atoms with E-state index < -0.39 is 5.60 Å². The lowest BCUT2D eigenvalue weighted by Crippen LogP contribution is -2.56. The molecule has 0 bridgehead atoms. The maximum atomic E-state index is 11.1. The minimum Gasteiger partial charge on any atom is -0.389 e. The summed E-state index contributed by atoms with van der Waals surface area (Å²) >= 11 is 0. The standard InChI is InChI=1S/C20H25NO/c1-14-18(16-10-6-4-7-11-16)21-19(15(2)20(14,3)22)17-12-8-5-9-13-17/h4-15,18-19,21-22H,1-3H3/t14-,15-,18-,19-/m0/s1. The van der Waals surface area contributed by atoms with Crippen molar-refractivity contribution in [2.45, 2.75) is 38.5 Å². The summed E-state index contributed by atoms with van der Waals surface area (Å²) in [6, 6.07) is 21.2. The molecule has 2 heteroatoms. The summed E-state index contributed by atoms with van der Waals surface area (Å²) in [5.74, 6) is 0.287. The van der Waals surface area contributed by atoms with E-state index >= 15 is 0 Å². The van der Waals surface area contributed by atoms with Crippen molar-refractivity contribution in [1.29, 1.82) is 0 Å². The summed E-state index contributed by atoms with van der Waals surface area (Å²) in [5.41, 5.74) is 1.76. The Hall–Kier alpha value is -1.64. The van der Waals surface area contributed by atoms with Crippen molar-refractivity contribution in [3.63, 3.8) is 0 Å². The van der Waals surface area contributed by atoms with E-state index in [9.17, 15) is 5.11 Å². The van der Waals surface area contributed by atoms with Crippen molar-refractivity contribution in [2.24, 2.45) is 11.8 Å². The van der Waals surface area contributed by atoms with Crippen molar-refractivity contribution in [3.8, 4) is 0 Å². The minimum atomic E-state index is -0.716. The molecule has 2 nitrogen and oxygen atoms in total. The first-order valence-corrected chi connectivity index (χ1v) is 8.10. The molecule has 2 aromatic rings. The predicted molar refractivity (Wildman–Crippen MR) is 90.5 cm³/mol. The van der Waals surface area contributed by atoms with Gasteiger partial charge in [-0.2, -0.15) is 0 Å². The number of aliphatic hydroxyl groups is 1. The molecular weight excluding hydrogens is 270 g/mol. The summed E-state index contributed by atoms with van der Waals surface area (Å²) in [6.07, 6.45) is 0. The molecular formula is C20H25NO. The average molecular weight is 295 g/mol. The molecule has 0 radical (unpaired) electrons. The lowest BCUT2D eigenvalue weighted by atomic mass is 9.67. The van der Waals surface area contributed by atoms with E-state index in [4.69, 9.17) is 0 Å². The van der Waals surface area contributed by atoms with Gasteiger partial charge in [-0.05, 0) is 18.1 Å². The van der Waals surface area contributed by atoms with Crippen LogP contribution >= 0.6 is 0 Å². The van der Waals surface area contributed by atoms with Crippen LogP contribution in [0.1, 0.15) is 44.0 Å². The maximum Gasteiger partial charge on any atom is 0.0706 e. The van der Waals surface area contributed by atoms with Crippen LogP contribution in [0.5, 0.6) is 0 Å². The number of benzene rings is 2. The van der Waals surface area contributed by atoms with Crippen molar-refractivity contribution < 1.29 is 5.11 Å². The molecule has 2 N–H and O–H groups in total. The number of piperidine rings is 1. The van der Waals surface area contributed by atoms with Crippen LogP contribution in [0, 0.1) is 11.8 Å². The van der Waals surface area contributed by atoms with E-state index in [1.165, 1.54) is 11.1 Å². The fraction of sp³-hybridized carbons (Fsp3) is 0.400. The highest BCUT2D eigenvalue weighted by molar-refractivity contribution is 5.27. The van der Waals surface area contributed by atoms with E-state index in [0.717, 1.165) is 0 Å². The number of rotatable bonds is 2. The first-order valence-electron chi connectivity index (χ1n) is 8.10. The maximum absolute atomic E-state index is 11.1. The molecule has 1 saturated heterocycles. The van der Waals surface area contributed by atoms with E-state index in [2.05, 4.69) is 67.7 Å². The second-order valence-electron chi connectivity index (χ2n) is 6.75. The van der Waals surface area contributed by atoms with E-state index in [1.54, 1.807) is 0 Å². The number of hydrogen-bond donors (Lipinski definition) is 2.